The zero-order chi connectivity index (χ0) is 16.2. The number of benzene rings is 1. The summed E-state index contributed by atoms with van der Waals surface area (Å²) in [5, 5.41) is 3.05. The first-order chi connectivity index (χ1) is 10.4. The van der Waals surface area contributed by atoms with Crippen LogP contribution in [0.5, 0.6) is 0 Å². The van der Waals surface area contributed by atoms with Crippen LogP contribution in [-0.4, -0.2) is 11.8 Å². The summed E-state index contributed by atoms with van der Waals surface area (Å²) in [6, 6.07) is 10.0. The van der Waals surface area contributed by atoms with Gasteiger partial charge in [-0.15, -0.1) is 0 Å². The number of nitrogens with one attached hydrogen (secondary N) is 1. The first-order valence-electron chi connectivity index (χ1n) is 6.51. The summed E-state index contributed by atoms with van der Waals surface area (Å²) in [7, 11) is 0. The Balaban J connectivity index is 2.21. The normalized spacial score (nSPS) is 13.7. The van der Waals surface area contributed by atoms with Crippen molar-refractivity contribution in [3.63, 3.8) is 0 Å². The van der Waals surface area contributed by atoms with Crippen LogP contribution in [0.4, 0.5) is 0 Å². The molecular weight excluding hydrogens is 304 g/mol. The van der Waals surface area contributed by atoms with Gasteiger partial charge >= 0.3 is 0 Å². The van der Waals surface area contributed by atoms with Crippen LogP contribution in [0.1, 0.15) is 18.2 Å². The van der Waals surface area contributed by atoms with Gasteiger partial charge in [-0.05, 0) is 42.8 Å². The van der Waals surface area contributed by atoms with Crippen molar-refractivity contribution in [2.45, 2.75) is 12.5 Å². The Morgan fingerprint density at radius 1 is 1.32 bits per heavy atom. The number of furan rings is 1. The molecule has 0 aliphatic rings. The lowest BCUT2D eigenvalue weighted by Crippen LogP contribution is -2.52. The fourth-order valence-corrected chi connectivity index (χ4v) is 2.10. The van der Waals surface area contributed by atoms with E-state index in [0.29, 0.717) is 16.3 Å². The molecule has 0 spiro atoms. The third-order valence-corrected chi connectivity index (χ3v) is 3.45. The van der Waals surface area contributed by atoms with Crippen molar-refractivity contribution in [1.82, 2.24) is 5.32 Å². The molecule has 2 aromatic rings. The number of amides is 2. The predicted molar refractivity (Wildman–Crippen MR) is 83.9 cm³/mol. The fraction of sp³-hybridized carbons (Fsp3) is 0.125. The number of carbonyl (C=O) groups excluding carboxylic acids is 2. The number of carbonyl (C=O) groups is 2. The molecule has 0 saturated carbocycles. The highest BCUT2D eigenvalue weighted by Gasteiger charge is 2.34. The lowest BCUT2D eigenvalue weighted by molar-refractivity contribution is -0.129. The summed E-state index contributed by atoms with van der Waals surface area (Å²) >= 11 is 5.93. The predicted octanol–water partition coefficient (Wildman–Crippen LogP) is 2.46. The highest BCUT2D eigenvalue weighted by molar-refractivity contribution is 6.30. The topological polar surface area (TPSA) is 85.3 Å². The first-order valence-corrected chi connectivity index (χ1v) is 6.89. The van der Waals surface area contributed by atoms with E-state index in [9.17, 15) is 9.59 Å². The number of rotatable bonds is 5. The highest BCUT2D eigenvalue weighted by atomic mass is 35.5. The van der Waals surface area contributed by atoms with Crippen LogP contribution in [0.25, 0.3) is 6.08 Å². The van der Waals surface area contributed by atoms with Crippen molar-refractivity contribution in [1.29, 1.82) is 0 Å². The minimum atomic E-state index is -1.37. The number of nitrogens with two attached hydrogens (primary N) is 1. The molecule has 6 heteroatoms. The number of hydrogen-bond donors (Lipinski definition) is 2. The SMILES string of the molecule is C[C@@](NC(=O)/C=C/c1ccco1)(C(N)=O)c1cccc(Cl)c1. The molecule has 0 fully saturated rings. The molecule has 0 unspecified atom stereocenters. The molecule has 1 aromatic heterocycles. The second-order valence-electron chi connectivity index (χ2n) is 4.84. The Morgan fingerprint density at radius 3 is 2.68 bits per heavy atom. The first kappa shape index (κ1) is 15.9. The molecule has 3 N–H and O–H groups in total. The lowest BCUT2D eigenvalue weighted by Gasteiger charge is -2.27. The zero-order valence-corrected chi connectivity index (χ0v) is 12.6. The molecule has 0 aliphatic heterocycles. The van der Waals surface area contributed by atoms with E-state index in [-0.39, 0.29) is 0 Å². The molecule has 0 radical (unpaired) electrons. The van der Waals surface area contributed by atoms with Crippen molar-refractivity contribution < 1.29 is 14.0 Å². The minimum absolute atomic E-state index is 0.449. The van der Waals surface area contributed by atoms with Gasteiger partial charge in [0, 0.05) is 11.1 Å². The third kappa shape index (κ3) is 3.56. The minimum Gasteiger partial charge on any atom is -0.465 e. The van der Waals surface area contributed by atoms with E-state index in [1.807, 2.05) is 0 Å². The molecule has 114 valence electrons. The van der Waals surface area contributed by atoms with Crippen LogP contribution < -0.4 is 11.1 Å². The maximum atomic E-state index is 12.0. The molecule has 0 bridgehead atoms. The smallest absolute Gasteiger partial charge is 0.247 e. The Kier molecular flexibility index (Phi) is 4.68. The average Bonchev–Trinajstić information content (AvgIpc) is 2.98. The van der Waals surface area contributed by atoms with Crippen LogP contribution in [0.2, 0.25) is 5.02 Å². The summed E-state index contributed by atoms with van der Waals surface area (Å²) in [5.74, 6) is -0.633. The van der Waals surface area contributed by atoms with E-state index in [1.165, 1.54) is 25.3 Å². The summed E-state index contributed by atoms with van der Waals surface area (Å²) in [6.45, 7) is 1.53. The monoisotopic (exact) mass is 318 g/mol. The number of primary amides is 1. The van der Waals surface area contributed by atoms with Crippen LogP contribution >= 0.6 is 11.6 Å². The lowest BCUT2D eigenvalue weighted by atomic mass is 9.91. The van der Waals surface area contributed by atoms with Crippen molar-refractivity contribution in [3.05, 3.63) is 65.1 Å². The highest BCUT2D eigenvalue weighted by Crippen LogP contribution is 2.23. The van der Waals surface area contributed by atoms with Crippen molar-refractivity contribution in [2.75, 3.05) is 0 Å². The van der Waals surface area contributed by atoms with Crippen molar-refractivity contribution in [2.24, 2.45) is 5.73 Å². The third-order valence-electron chi connectivity index (χ3n) is 3.21. The fourth-order valence-electron chi connectivity index (χ4n) is 1.91. The molecule has 0 aliphatic carbocycles. The Bertz CT molecular complexity index is 710. The molecule has 2 amide bonds. The van der Waals surface area contributed by atoms with Gasteiger partial charge in [0.2, 0.25) is 11.8 Å². The Morgan fingerprint density at radius 2 is 2.09 bits per heavy atom. The van der Waals surface area contributed by atoms with Gasteiger partial charge < -0.3 is 15.5 Å². The average molecular weight is 319 g/mol. The summed E-state index contributed by atoms with van der Waals surface area (Å²) in [5.41, 5.74) is 4.59. The second kappa shape index (κ2) is 6.49. The van der Waals surface area contributed by atoms with Gasteiger partial charge in [0.05, 0.1) is 6.26 Å². The van der Waals surface area contributed by atoms with Gasteiger partial charge in [0.1, 0.15) is 11.3 Å². The maximum Gasteiger partial charge on any atom is 0.247 e. The standard InChI is InChI=1S/C16H15ClN2O3/c1-16(15(18)21,11-4-2-5-12(17)10-11)19-14(20)8-7-13-6-3-9-22-13/h2-10H,1H3,(H2,18,21)(H,19,20)/b8-7+/t16-/m0/s1. The van der Waals surface area contributed by atoms with E-state index in [2.05, 4.69) is 5.32 Å². The Labute approximate surface area is 132 Å². The van der Waals surface area contributed by atoms with Gasteiger partial charge in [-0.2, -0.15) is 0 Å². The largest absolute Gasteiger partial charge is 0.465 e. The van der Waals surface area contributed by atoms with E-state index in [0.717, 1.165) is 0 Å². The molecule has 2 rings (SSSR count). The van der Waals surface area contributed by atoms with E-state index < -0.39 is 17.4 Å². The molecular formula is C16H15ClN2O3. The summed E-state index contributed by atoms with van der Waals surface area (Å²) < 4.78 is 5.09. The molecule has 0 saturated heterocycles. The van der Waals surface area contributed by atoms with E-state index in [4.69, 9.17) is 21.8 Å². The molecule has 1 heterocycles. The maximum absolute atomic E-state index is 12.0. The van der Waals surface area contributed by atoms with Gasteiger partial charge in [0.25, 0.3) is 0 Å². The Hall–Kier alpha value is -2.53. The van der Waals surface area contributed by atoms with Crippen LogP contribution in [0.15, 0.2) is 53.2 Å². The molecule has 22 heavy (non-hydrogen) atoms. The number of hydrogen-bond acceptors (Lipinski definition) is 3. The second-order valence-corrected chi connectivity index (χ2v) is 5.27. The van der Waals surface area contributed by atoms with E-state index in [1.54, 1.807) is 36.4 Å². The van der Waals surface area contributed by atoms with Gasteiger partial charge in [0.15, 0.2) is 0 Å². The quantitative estimate of drug-likeness (QED) is 0.830. The molecule has 1 atom stereocenters. The van der Waals surface area contributed by atoms with Gasteiger partial charge in [-0.1, -0.05) is 23.7 Å². The zero-order valence-electron chi connectivity index (χ0n) is 11.9. The van der Waals surface area contributed by atoms with Crippen molar-refractivity contribution >= 4 is 29.5 Å². The van der Waals surface area contributed by atoms with Crippen LogP contribution in [0, 0.1) is 0 Å². The summed E-state index contributed by atoms with van der Waals surface area (Å²) in [6.07, 6.45) is 4.26. The molecule has 5 nitrogen and oxygen atoms in total. The van der Waals surface area contributed by atoms with Crippen LogP contribution in [0.3, 0.4) is 0 Å². The van der Waals surface area contributed by atoms with Gasteiger partial charge in [-0.3, -0.25) is 9.59 Å². The van der Waals surface area contributed by atoms with Crippen molar-refractivity contribution in [3.8, 4) is 0 Å². The van der Waals surface area contributed by atoms with Crippen LogP contribution in [-0.2, 0) is 15.1 Å². The summed E-state index contributed by atoms with van der Waals surface area (Å²) in [4.78, 5) is 23.9. The number of halogens is 1. The van der Waals surface area contributed by atoms with Gasteiger partial charge in [-0.25, -0.2) is 0 Å². The molecule has 1 aromatic carbocycles. The van der Waals surface area contributed by atoms with E-state index >= 15 is 0 Å².